The highest BCUT2D eigenvalue weighted by atomic mass is 127. The predicted octanol–water partition coefficient (Wildman–Crippen LogP) is 3.74. The summed E-state index contributed by atoms with van der Waals surface area (Å²) in [5.74, 6) is 1.55. The summed E-state index contributed by atoms with van der Waals surface area (Å²) in [5.41, 5.74) is 6.85. The zero-order valence-electron chi connectivity index (χ0n) is 15.4. The van der Waals surface area contributed by atoms with Gasteiger partial charge in [-0.05, 0) is 18.1 Å². The molecule has 0 radical (unpaired) electrons. The van der Waals surface area contributed by atoms with E-state index in [1.807, 2.05) is 36.4 Å². The van der Waals surface area contributed by atoms with Crippen LogP contribution in [0.3, 0.4) is 0 Å². The van der Waals surface area contributed by atoms with Crippen LogP contribution in [0.25, 0.3) is 0 Å². The molecule has 1 aromatic rings. The van der Waals surface area contributed by atoms with Gasteiger partial charge in [0.15, 0.2) is 5.96 Å². The van der Waals surface area contributed by atoms with E-state index in [-0.39, 0.29) is 30.0 Å². The summed E-state index contributed by atoms with van der Waals surface area (Å²) in [7, 11) is 1.63. The molecule has 0 aliphatic carbocycles. The highest BCUT2D eigenvalue weighted by Gasteiger charge is 2.19. The van der Waals surface area contributed by atoms with Crippen molar-refractivity contribution in [2.75, 3.05) is 32.1 Å². The van der Waals surface area contributed by atoms with Crippen molar-refractivity contribution >= 4 is 35.6 Å². The van der Waals surface area contributed by atoms with Crippen molar-refractivity contribution in [1.82, 2.24) is 4.90 Å². The van der Waals surface area contributed by atoms with Gasteiger partial charge in [0.25, 0.3) is 0 Å². The van der Waals surface area contributed by atoms with Crippen molar-refractivity contribution in [3.8, 4) is 5.75 Å². The van der Waals surface area contributed by atoms with Gasteiger partial charge in [-0.2, -0.15) is 0 Å². The quantitative estimate of drug-likeness (QED) is 0.243. The van der Waals surface area contributed by atoms with E-state index in [0.717, 1.165) is 24.5 Å². The largest absolute Gasteiger partial charge is 0.495 e. The second-order valence-corrected chi connectivity index (χ2v) is 5.89. The van der Waals surface area contributed by atoms with E-state index in [9.17, 15) is 0 Å². The topological polar surface area (TPSA) is 62.9 Å². The number of rotatable bonds is 10. The number of para-hydroxylation sites is 2. The molecule has 0 aliphatic rings. The maximum Gasteiger partial charge on any atom is 0.193 e. The van der Waals surface area contributed by atoms with Crippen LogP contribution >= 0.6 is 24.0 Å². The van der Waals surface area contributed by atoms with Gasteiger partial charge in [-0.1, -0.05) is 38.1 Å². The summed E-state index contributed by atoms with van der Waals surface area (Å²) >= 11 is 0. The molecule has 0 saturated heterocycles. The molecule has 5 nitrogen and oxygen atoms in total. The van der Waals surface area contributed by atoms with E-state index in [1.165, 1.54) is 0 Å². The number of aliphatic imine (C=N–C) groups is 1. The van der Waals surface area contributed by atoms with E-state index in [2.05, 4.69) is 42.2 Å². The fraction of sp³-hybridized carbons (Fsp3) is 0.421. The van der Waals surface area contributed by atoms with Crippen LogP contribution in [-0.2, 0) is 0 Å². The van der Waals surface area contributed by atoms with Gasteiger partial charge in [-0.15, -0.1) is 37.1 Å². The van der Waals surface area contributed by atoms with Gasteiger partial charge in [-0.3, -0.25) is 9.89 Å². The lowest BCUT2D eigenvalue weighted by molar-refractivity contribution is 0.196. The number of nitrogens with one attached hydrogen (secondary N) is 1. The molecular formula is C19H31IN4O. The van der Waals surface area contributed by atoms with Crippen LogP contribution in [0.5, 0.6) is 5.75 Å². The van der Waals surface area contributed by atoms with Crippen molar-refractivity contribution in [3.63, 3.8) is 0 Å². The summed E-state index contributed by atoms with van der Waals surface area (Å²) in [6.45, 7) is 14.2. The lowest BCUT2D eigenvalue weighted by atomic mass is 10.0. The van der Waals surface area contributed by atoms with Crippen molar-refractivity contribution in [3.05, 3.63) is 49.6 Å². The van der Waals surface area contributed by atoms with Gasteiger partial charge in [0.2, 0.25) is 0 Å². The van der Waals surface area contributed by atoms with Crippen LogP contribution in [0.2, 0.25) is 0 Å². The molecule has 1 rings (SSSR count). The molecule has 0 amide bonds. The van der Waals surface area contributed by atoms with Crippen LogP contribution < -0.4 is 15.8 Å². The molecule has 0 aromatic heterocycles. The molecule has 0 fully saturated rings. The van der Waals surface area contributed by atoms with Crippen LogP contribution in [-0.4, -0.2) is 43.6 Å². The molecule has 1 unspecified atom stereocenters. The fourth-order valence-corrected chi connectivity index (χ4v) is 2.54. The first-order valence-electron chi connectivity index (χ1n) is 8.19. The number of halogens is 1. The Morgan fingerprint density at radius 2 is 1.88 bits per heavy atom. The molecule has 0 aliphatic heterocycles. The molecule has 0 saturated carbocycles. The summed E-state index contributed by atoms with van der Waals surface area (Å²) in [6.07, 6.45) is 3.80. The van der Waals surface area contributed by atoms with Gasteiger partial charge in [0, 0.05) is 19.1 Å². The molecule has 0 spiro atoms. The minimum absolute atomic E-state index is 0. The Kier molecular flexibility index (Phi) is 12.0. The monoisotopic (exact) mass is 458 g/mol. The first-order valence-corrected chi connectivity index (χ1v) is 8.19. The summed E-state index contributed by atoms with van der Waals surface area (Å²) in [4.78, 5) is 6.82. The second-order valence-electron chi connectivity index (χ2n) is 5.89. The lowest BCUT2D eigenvalue weighted by Gasteiger charge is -2.31. The number of benzene rings is 1. The van der Waals surface area contributed by atoms with Crippen LogP contribution in [0.1, 0.15) is 13.8 Å². The Hall–Kier alpha value is -1.54. The van der Waals surface area contributed by atoms with Crippen LogP contribution in [0.4, 0.5) is 5.69 Å². The summed E-state index contributed by atoms with van der Waals surface area (Å²) in [5, 5.41) is 3.10. The SMILES string of the molecule is C=CCN(CC=C)C(CN=C(N)Nc1ccccc1OC)C(C)C.I. The molecule has 25 heavy (non-hydrogen) atoms. The van der Waals surface area contributed by atoms with Gasteiger partial charge >= 0.3 is 0 Å². The maximum atomic E-state index is 6.05. The molecule has 0 heterocycles. The third kappa shape index (κ3) is 7.92. The summed E-state index contributed by atoms with van der Waals surface area (Å²) < 4.78 is 5.31. The average Bonchev–Trinajstić information content (AvgIpc) is 2.55. The standard InChI is InChI=1S/C19H30N4O.HI/c1-6-12-23(13-7-2)17(15(3)4)14-21-19(20)22-16-10-8-9-11-18(16)24-5;/h6-11,15,17H,1-2,12-14H2,3-5H3,(H3,20,21,22);1H. The van der Waals surface area contributed by atoms with Gasteiger partial charge in [-0.25, -0.2) is 0 Å². The third-order valence-electron chi connectivity index (χ3n) is 3.78. The number of methoxy groups -OCH3 is 1. The second kappa shape index (κ2) is 12.8. The number of hydrogen-bond donors (Lipinski definition) is 2. The zero-order valence-corrected chi connectivity index (χ0v) is 17.8. The Bertz CT molecular complexity index is 550. The molecule has 140 valence electrons. The van der Waals surface area contributed by atoms with Crippen LogP contribution in [0, 0.1) is 5.92 Å². The first kappa shape index (κ1) is 23.5. The van der Waals surface area contributed by atoms with Crippen molar-refractivity contribution in [1.29, 1.82) is 0 Å². The summed E-state index contributed by atoms with van der Waals surface area (Å²) in [6, 6.07) is 7.88. The molecule has 3 N–H and O–H groups in total. The number of guanidine groups is 1. The maximum absolute atomic E-state index is 6.05. The Morgan fingerprint density at radius 3 is 2.40 bits per heavy atom. The normalized spacial score (nSPS) is 12.4. The molecule has 6 heteroatoms. The van der Waals surface area contributed by atoms with E-state index in [1.54, 1.807) is 7.11 Å². The molecular weight excluding hydrogens is 427 g/mol. The molecule has 1 aromatic carbocycles. The van der Waals surface area contributed by atoms with Gasteiger partial charge < -0.3 is 15.8 Å². The number of anilines is 1. The first-order chi connectivity index (χ1) is 11.5. The highest BCUT2D eigenvalue weighted by Crippen LogP contribution is 2.22. The lowest BCUT2D eigenvalue weighted by Crippen LogP contribution is -2.42. The number of ether oxygens (including phenoxy) is 1. The van der Waals surface area contributed by atoms with Crippen molar-refractivity contribution < 1.29 is 4.74 Å². The van der Waals surface area contributed by atoms with E-state index < -0.39 is 0 Å². The zero-order chi connectivity index (χ0) is 17.9. The molecule has 1 atom stereocenters. The van der Waals surface area contributed by atoms with E-state index in [0.29, 0.717) is 18.4 Å². The van der Waals surface area contributed by atoms with Crippen LogP contribution in [0.15, 0.2) is 54.6 Å². The van der Waals surface area contributed by atoms with Gasteiger partial charge in [0.1, 0.15) is 5.75 Å². The van der Waals surface area contributed by atoms with Crippen molar-refractivity contribution in [2.24, 2.45) is 16.6 Å². The minimum atomic E-state index is 0. The molecule has 0 bridgehead atoms. The van der Waals surface area contributed by atoms with Gasteiger partial charge in [0.05, 0.1) is 19.3 Å². The minimum Gasteiger partial charge on any atom is -0.495 e. The third-order valence-corrected chi connectivity index (χ3v) is 3.78. The fourth-order valence-electron chi connectivity index (χ4n) is 2.54. The average molecular weight is 458 g/mol. The smallest absolute Gasteiger partial charge is 0.193 e. The van der Waals surface area contributed by atoms with Crippen molar-refractivity contribution in [2.45, 2.75) is 19.9 Å². The van der Waals surface area contributed by atoms with E-state index >= 15 is 0 Å². The Balaban J connectivity index is 0.00000576. The Morgan fingerprint density at radius 1 is 1.28 bits per heavy atom. The number of nitrogens with two attached hydrogens (primary N) is 1. The number of nitrogens with zero attached hydrogens (tertiary/aromatic N) is 2. The Labute approximate surface area is 169 Å². The number of hydrogen-bond acceptors (Lipinski definition) is 3. The van der Waals surface area contributed by atoms with E-state index in [4.69, 9.17) is 10.5 Å². The predicted molar refractivity (Wildman–Crippen MR) is 119 cm³/mol. The highest BCUT2D eigenvalue weighted by molar-refractivity contribution is 14.0.